The van der Waals surface area contributed by atoms with Gasteiger partial charge in [0.05, 0.1) is 0 Å². The summed E-state index contributed by atoms with van der Waals surface area (Å²) >= 11 is 0. The highest BCUT2D eigenvalue weighted by molar-refractivity contribution is 5.82. The van der Waals surface area contributed by atoms with E-state index < -0.39 is 12.0 Å². The highest BCUT2D eigenvalue weighted by Crippen LogP contribution is 2.10. The van der Waals surface area contributed by atoms with Gasteiger partial charge in [-0.25, -0.2) is 9.59 Å². The summed E-state index contributed by atoms with van der Waals surface area (Å²) < 4.78 is 0. The Morgan fingerprint density at radius 3 is 2.06 bits per heavy atom. The van der Waals surface area contributed by atoms with E-state index in [0.717, 1.165) is 6.42 Å². The summed E-state index contributed by atoms with van der Waals surface area (Å²) in [6.45, 7) is 8.28. The molecule has 0 radical (unpaired) electrons. The molecule has 0 heterocycles. The Hall–Kier alpha value is -1.26. The second-order valence-corrected chi connectivity index (χ2v) is 4.44. The normalized spacial score (nSPS) is 12.4. The van der Waals surface area contributed by atoms with Crippen LogP contribution in [-0.4, -0.2) is 52.6 Å². The Bertz CT molecular complexity index is 266. The number of carboxylic acids is 1. The molecule has 1 unspecified atom stereocenters. The van der Waals surface area contributed by atoms with Crippen LogP contribution in [0.4, 0.5) is 4.79 Å². The van der Waals surface area contributed by atoms with Gasteiger partial charge in [-0.05, 0) is 26.7 Å². The van der Waals surface area contributed by atoms with Gasteiger partial charge < -0.3 is 14.9 Å². The molecule has 0 aromatic rings. The molecule has 2 amide bonds. The summed E-state index contributed by atoms with van der Waals surface area (Å²) in [5, 5.41) is 9.03. The zero-order chi connectivity index (χ0) is 13.6. The lowest BCUT2D eigenvalue weighted by Gasteiger charge is -2.33. The molecule has 1 N–H and O–H groups in total. The largest absolute Gasteiger partial charge is 0.480 e. The van der Waals surface area contributed by atoms with Crippen LogP contribution in [0.5, 0.6) is 0 Å². The molecule has 0 saturated carbocycles. The van der Waals surface area contributed by atoms with E-state index in [-0.39, 0.29) is 12.1 Å². The molecule has 100 valence electrons. The van der Waals surface area contributed by atoms with E-state index in [4.69, 9.17) is 5.11 Å². The summed E-state index contributed by atoms with van der Waals surface area (Å²) in [5.41, 5.74) is 0. The van der Waals surface area contributed by atoms with Crippen molar-refractivity contribution in [2.45, 2.75) is 52.6 Å². The van der Waals surface area contributed by atoms with E-state index >= 15 is 0 Å². The monoisotopic (exact) mass is 244 g/mol. The first-order valence-corrected chi connectivity index (χ1v) is 6.12. The van der Waals surface area contributed by atoms with Gasteiger partial charge >= 0.3 is 12.0 Å². The summed E-state index contributed by atoms with van der Waals surface area (Å²) in [7, 11) is 1.55. The van der Waals surface area contributed by atoms with E-state index in [1.165, 1.54) is 4.90 Å². The maximum Gasteiger partial charge on any atom is 0.326 e. The average molecular weight is 244 g/mol. The van der Waals surface area contributed by atoms with Crippen LogP contribution in [0.2, 0.25) is 0 Å². The minimum atomic E-state index is -0.955. The third-order valence-corrected chi connectivity index (χ3v) is 2.77. The second-order valence-electron chi connectivity index (χ2n) is 4.44. The van der Waals surface area contributed by atoms with E-state index in [1.54, 1.807) is 18.9 Å². The molecule has 0 aromatic carbocycles. The molecule has 0 saturated heterocycles. The Balaban J connectivity index is 4.80. The first-order chi connectivity index (χ1) is 7.86. The molecular formula is C12H24N2O3. The molecule has 17 heavy (non-hydrogen) atoms. The van der Waals surface area contributed by atoms with Crippen molar-refractivity contribution in [3.8, 4) is 0 Å². The van der Waals surface area contributed by atoms with Crippen LogP contribution in [0.1, 0.15) is 40.5 Å². The predicted octanol–water partition coefficient (Wildman–Crippen LogP) is 2.02. The van der Waals surface area contributed by atoms with Crippen molar-refractivity contribution in [3.05, 3.63) is 0 Å². The zero-order valence-corrected chi connectivity index (χ0v) is 11.4. The number of likely N-dealkylation sites (N-methyl/N-ethyl adjacent to an activating group) is 1. The van der Waals surface area contributed by atoms with Crippen LogP contribution < -0.4 is 0 Å². The van der Waals surface area contributed by atoms with E-state index in [9.17, 15) is 9.59 Å². The maximum atomic E-state index is 12.2. The van der Waals surface area contributed by atoms with E-state index in [1.807, 2.05) is 20.8 Å². The van der Waals surface area contributed by atoms with Crippen LogP contribution in [0.25, 0.3) is 0 Å². The van der Waals surface area contributed by atoms with Gasteiger partial charge in [0.25, 0.3) is 0 Å². The van der Waals surface area contributed by atoms with Crippen LogP contribution in [0, 0.1) is 0 Å². The molecule has 0 bridgehead atoms. The summed E-state index contributed by atoms with van der Waals surface area (Å²) in [6.07, 6.45) is 1.28. The van der Waals surface area contributed by atoms with Crippen molar-refractivity contribution >= 4 is 12.0 Å². The quantitative estimate of drug-likeness (QED) is 0.777. The van der Waals surface area contributed by atoms with Crippen LogP contribution in [-0.2, 0) is 4.79 Å². The fraction of sp³-hybridized carbons (Fsp3) is 0.833. The van der Waals surface area contributed by atoms with Gasteiger partial charge in [0.1, 0.15) is 6.04 Å². The Morgan fingerprint density at radius 1 is 1.24 bits per heavy atom. The van der Waals surface area contributed by atoms with E-state index in [2.05, 4.69) is 0 Å². The smallest absolute Gasteiger partial charge is 0.326 e. The van der Waals surface area contributed by atoms with Crippen molar-refractivity contribution in [2.75, 3.05) is 13.6 Å². The van der Waals surface area contributed by atoms with Crippen LogP contribution in [0.15, 0.2) is 0 Å². The third kappa shape index (κ3) is 4.24. The molecule has 0 spiro atoms. The molecule has 1 atom stereocenters. The number of aliphatic carboxylic acids is 1. The molecular weight excluding hydrogens is 220 g/mol. The van der Waals surface area contributed by atoms with Crippen molar-refractivity contribution in [1.82, 2.24) is 9.80 Å². The molecule has 0 aromatic heterocycles. The molecule has 0 aliphatic carbocycles. The molecule has 5 heteroatoms. The van der Waals surface area contributed by atoms with Gasteiger partial charge in [0.2, 0.25) is 0 Å². The number of carboxylic acid groups (broad SMARTS) is 1. The number of carbonyl (C=O) groups is 2. The first kappa shape index (κ1) is 15.7. The maximum absolute atomic E-state index is 12.2. The number of urea groups is 1. The number of hydrogen-bond acceptors (Lipinski definition) is 2. The fourth-order valence-corrected chi connectivity index (χ4v) is 1.77. The highest BCUT2D eigenvalue weighted by atomic mass is 16.4. The third-order valence-electron chi connectivity index (χ3n) is 2.77. The minimum Gasteiger partial charge on any atom is -0.480 e. The molecule has 0 aliphatic rings. The van der Waals surface area contributed by atoms with Gasteiger partial charge in [-0.15, -0.1) is 0 Å². The summed E-state index contributed by atoms with van der Waals surface area (Å²) in [4.78, 5) is 26.2. The van der Waals surface area contributed by atoms with Crippen LogP contribution >= 0.6 is 0 Å². The number of hydrogen-bond donors (Lipinski definition) is 1. The van der Waals surface area contributed by atoms with Crippen molar-refractivity contribution in [1.29, 1.82) is 0 Å². The lowest BCUT2D eigenvalue weighted by molar-refractivity contribution is -0.142. The zero-order valence-electron chi connectivity index (χ0n) is 11.4. The summed E-state index contributed by atoms with van der Waals surface area (Å²) in [5.74, 6) is -0.955. The van der Waals surface area contributed by atoms with Gasteiger partial charge in [-0.3, -0.25) is 0 Å². The SMILES string of the molecule is CCCN(C(=O)N(C)C(CC)C(=O)O)C(C)C. The number of amides is 2. The topological polar surface area (TPSA) is 60.9 Å². The number of nitrogens with zero attached hydrogens (tertiary/aromatic N) is 2. The number of carbonyl (C=O) groups excluding carboxylic acids is 1. The van der Waals surface area contributed by atoms with Gasteiger partial charge in [-0.2, -0.15) is 0 Å². The lowest BCUT2D eigenvalue weighted by Crippen LogP contribution is -2.51. The van der Waals surface area contributed by atoms with Gasteiger partial charge in [0, 0.05) is 19.6 Å². The van der Waals surface area contributed by atoms with Gasteiger partial charge in [0.15, 0.2) is 0 Å². The molecule has 0 aliphatic heterocycles. The van der Waals surface area contributed by atoms with Crippen molar-refractivity contribution in [2.24, 2.45) is 0 Å². The minimum absolute atomic E-state index is 0.0798. The highest BCUT2D eigenvalue weighted by Gasteiger charge is 2.28. The molecule has 0 fully saturated rings. The van der Waals surface area contributed by atoms with Gasteiger partial charge in [-0.1, -0.05) is 13.8 Å². The average Bonchev–Trinajstić information content (AvgIpc) is 2.24. The van der Waals surface area contributed by atoms with Crippen LogP contribution in [0.3, 0.4) is 0 Å². The molecule has 5 nitrogen and oxygen atoms in total. The number of rotatable bonds is 6. The summed E-state index contributed by atoms with van der Waals surface area (Å²) in [6, 6.07) is -0.882. The Morgan fingerprint density at radius 2 is 1.76 bits per heavy atom. The first-order valence-electron chi connectivity index (χ1n) is 6.12. The lowest BCUT2D eigenvalue weighted by atomic mass is 10.2. The van der Waals surface area contributed by atoms with Crippen molar-refractivity contribution < 1.29 is 14.7 Å². The van der Waals surface area contributed by atoms with E-state index in [0.29, 0.717) is 13.0 Å². The Kier molecular flexibility index (Phi) is 6.61. The standard InChI is InChI=1S/C12H24N2O3/c1-6-8-14(9(3)4)12(17)13(5)10(7-2)11(15)16/h9-10H,6-8H2,1-5H3,(H,15,16). The Labute approximate surface area is 103 Å². The predicted molar refractivity (Wildman–Crippen MR) is 67.0 cm³/mol. The molecule has 0 rings (SSSR count). The second kappa shape index (κ2) is 7.14. The van der Waals surface area contributed by atoms with Crippen molar-refractivity contribution in [3.63, 3.8) is 0 Å². The fourth-order valence-electron chi connectivity index (χ4n) is 1.77.